The van der Waals surface area contributed by atoms with Gasteiger partial charge in [-0.2, -0.15) is 0 Å². The summed E-state index contributed by atoms with van der Waals surface area (Å²) < 4.78 is 19.4. The first-order valence-electron chi connectivity index (χ1n) is 6.17. The molecule has 1 heterocycles. The Labute approximate surface area is 114 Å². The first-order valence-corrected chi connectivity index (χ1v) is 6.17. The zero-order valence-electron chi connectivity index (χ0n) is 10.5. The molecule has 5 heteroatoms. The van der Waals surface area contributed by atoms with Gasteiger partial charge in [0.25, 0.3) is 0 Å². The molecule has 20 heavy (non-hydrogen) atoms. The van der Waals surface area contributed by atoms with E-state index in [1.807, 2.05) is 24.3 Å². The molecular formula is C15H12FNO3. The number of aromatic carboxylic acids is 1. The maximum Gasteiger partial charge on any atom is 0.337 e. The van der Waals surface area contributed by atoms with Gasteiger partial charge in [-0.1, -0.05) is 24.3 Å². The van der Waals surface area contributed by atoms with Gasteiger partial charge in [0.2, 0.25) is 0 Å². The fourth-order valence-corrected chi connectivity index (χ4v) is 2.31. The van der Waals surface area contributed by atoms with E-state index in [4.69, 9.17) is 9.84 Å². The molecule has 1 aliphatic heterocycles. The standard InChI is InChI=1S/C15H12FNO3/c16-11-6-3-5-10(15(18)19)14(11)17-12-8-20-13-7-2-1-4-9(12)13/h1-7,12,17H,8H2,(H,18,19). The molecule has 1 unspecified atom stereocenters. The third kappa shape index (κ3) is 2.07. The lowest BCUT2D eigenvalue weighted by Crippen LogP contribution is -2.16. The lowest BCUT2D eigenvalue weighted by molar-refractivity contribution is 0.0697. The van der Waals surface area contributed by atoms with Gasteiger partial charge in [-0.25, -0.2) is 9.18 Å². The van der Waals surface area contributed by atoms with Gasteiger partial charge in [-0.05, 0) is 18.2 Å². The van der Waals surface area contributed by atoms with Gasteiger partial charge in [-0.3, -0.25) is 0 Å². The number of benzene rings is 2. The SMILES string of the molecule is O=C(O)c1cccc(F)c1NC1COc2ccccc21. The molecule has 1 atom stereocenters. The molecule has 0 aliphatic carbocycles. The van der Waals surface area contributed by atoms with Gasteiger partial charge >= 0.3 is 5.97 Å². The predicted molar refractivity (Wildman–Crippen MR) is 71.7 cm³/mol. The number of rotatable bonds is 3. The van der Waals surface area contributed by atoms with E-state index in [9.17, 15) is 9.18 Å². The molecule has 2 aromatic carbocycles. The van der Waals surface area contributed by atoms with Crippen LogP contribution in [0.3, 0.4) is 0 Å². The van der Waals surface area contributed by atoms with Crippen molar-refractivity contribution < 1.29 is 19.0 Å². The topological polar surface area (TPSA) is 58.6 Å². The number of nitrogens with one attached hydrogen (secondary N) is 1. The van der Waals surface area contributed by atoms with Crippen LogP contribution in [0.5, 0.6) is 5.75 Å². The van der Waals surface area contributed by atoms with Crippen molar-refractivity contribution >= 4 is 11.7 Å². The number of para-hydroxylation sites is 2. The summed E-state index contributed by atoms with van der Waals surface area (Å²) in [6, 6.07) is 11.1. The van der Waals surface area contributed by atoms with Crippen LogP contribution in [0.25, 0.3) is 0 Å². The molecule has 0 spiro atoms. The van der Waals surface area contributed by atoms with Gasteiger partial charge in [0.1, 0.15) is 18.2 Å². The summed E-state index contributed by atoms with van der Waals surface area (Å²) in [4.78, 5) is 11.2. The highest BCUT2D eigenvalue weighted by molar-refractivity contribution is 5.94. The number of hydrogen-bond donors (Lipinski definition) is 2. The second kappa shape index (κ2) is 4.85. The van der Waals surface area contributed by atoms with E-state index in [1.165, 1.54) is 18.2 Å². The first kappa shape index (κ1) is 12.5. The zero-order chi connectivity index (χ0) is 14.1. The third-order valence-corrected chi connectivity index (χ3v) is 3.26. The number of anilines is 1. The van der Waals surface area contributed by atoms with Gasteiger partial charge < -0.3 is 15.2 Å². The normalized spacial score (nSPS) is 16.4. The lowest BCUT2D eigenvalue weighted by atomic mass is 10.1. The molecule has 0 fully saturated rings. The van der Waals surface area contributed by atoms with Crippen LogP contribution in [-0.4, -0.2) is 17.7 Å². The molecule has 0 aromatic heterocycles. The second-order valence-corrected chi connectivity index (χ2v) is 4.51. The van der Waals surface area contributed by atoms with Crippen LogP contribution in [0.2, 0.25) is 0 Å². The fourth-order valence-electron chi connectivity index (χ4n) is 2.31. The Bertz CT molecular complexity index is 672. The molecule has 102 valence electrons. The molecule has 1 aliphatic rings. The van der Waals surface area contributed by atoms with Crippen LogP contribution in [0.15, 0.2) is 42.5 Å². The Kier molecular flexibility index (Phi) is 3.02. The minimum absolute atomic E-state index is 0.00898. The number of carboxylic acid groups (broad SMARTS) is 1. The van der Waals surface area contributed by atoms with Gasteiger partial charge in [-0.15, -0.1) is 0 Å². The molecule has 0 saturated heterocycles. The van der Waals surface area contributed by atoms with E-state index in [-0.39, 0.29) is 17.3 Å². The van der Waals surface area contributed by atoms with Gasteiger partial charge in [0, 0.05) is 5.56 Å². The highest BCUT2D eigenvalue weighted by Crippen LogP contribution is 2.35. The predicted octanol–water partition coefficient (Wildman–Crippen LogP) is 3.07. The minimum Gasteiger partial charge on any atom is -0.491 e. The average molecular weight is 273 g/mol. The summed E-state index contributed by atoms with van der Waals surface area (Å²) >= 11 is 0. The maximum atomic E-state index is 13.9. The van der Waals surface area contributed by atoms with E-state index >= 15 is 0 Å². The molecule has 2 N–H and O–H groups in total. The lowest BCUT2D eigenvalue weighted by Gasteiger charge is -2.15. The van der Waals surface area contributed by atoms with E-state index < -0.39 is 11.8 Å². The number of hydrogen-bond acceptors (Lipinski definition) is 3. The van der Waals surface area contributed by atoms with Crippen molar-refractivity contribution in [3.05, 3.63) is 59.4 Å². The Morgan fingerprint density at radius 3 is 2.85 bits per heavy atom. The number of fused-ring (bicyclic) bond motifs is 1. The van der Waals surface area contributed by atoms with Crippen molar-refractivity contribution in [2.75, 3.05) is 11.9 Å². The van der Waals surface area contributed by atoms with Crippen molar-refractivity contribution in [3.8, 4) is 5.75 Å². The number of ether oxygens (including phenoxy) is 1. The van der Waals surface area contributed by atoms with E-state index in [2.05, 4.69) is 5.32 Å². The third-order valence-electron chi connectivity index (χ3n) is 3.26. The Hall–Kier alpha value is -2.56. The van der Waals surface area contributed by atoms with Gasteiger partial charge in [0.15, 0.2) is 0 Å². The van der Waals surface area contributed by atoms with Crippen molar-refractivity contribution in [2.24, 2.45) is 0 Å². The summed E-state index contributed by atoms with van der Waals surface area (Å²) in [6.07, 6.45) is 0. The molecule has 0 amide bonds. The Balaban J connectivity index is 1.95. The maximum absolute atomic E-state index is 13.9. The number of carbonyl (C=O) groups is 1. The van der Waals surface area contributed by atoms with Crippen molar-refractivity contribution in [1.82, 2.24) is 0 Å². The van der Waals surface area contributed by atoms with Crippen LogP contribution < -0.4 is 10.1 Å². The zero-order valence-corrected chi connectivity index (χ0v) is 10.5. The van der Waals surface area contributed by atoms with Crippen molar-refractivity contribution in [1.29, 1.82) is 0 Å². The smallest absolute Gasteiger partial charge is 0.337 e. The molecular weight excluding hydrogens is 261 g/mol. The molecule has 2 aromatic rings. The largest absolute Gasteiger partial charge is 0.491 e. The number of halogens is 1. The number of carboxylic acids is 1. The summed E-state index contributed by atoms with van der Waals surface area (Å²) in [7, 11) is 0. The van der Waals surface area contributed by atoms with Crippen LogP contribution >= 0.6 is 0 Å². The molecule has 0 radical (unpaired) electrons. The van der Waals surface area contributed by atoms with Crippen molar-refractivity contribution in [2.45, 2.75) is 6.04 Å². The first-order chi connectivity index (χ1) is 9.66. The van der Waals surface area contributed by atoms with E-state index in [0.29, 0.717) is 6.61 Å². The molecule has 4 nitrogen and oxygen atoms in total. The summed E-state index contributed by atoms with van der Waals surface area (Å²) in [5.74, 6) is -1.02. The minimum atomic E-state index is -1.17. The summed E-state index contributed by atoms with van der Waals surface area (Å²) in [5.41, 5.74) is 0.798. The highest BCUT2D eigenvalue weighted by atomic mass is 19.1. The molecule has 0 bridgehead atoms. The van der Waals surface area contributed by atoms with E-state index in [1.54, 1.807) is 0 Å². The van der Waals surface area contributed by atoms with Crippen LogP contribution in [0.1, 0.15) is 22.0 Å². The van der Waals surface area contributed by atoms with Crippen LogP contribution in [0, 0.1) is 5.82 Å². The fraction of sp³-hybridized carbons (Fsp3) is 0.133. The molecule has 3 rings (SSSR count). The second-order valence-electron chi connectivity index (χ2n) is 4.51. The average Bonchev–Trinajstić information content (AvgIpc) is 2.84. The van der Waals surface area contributed by atoms with Crippen LogP contribution in [0.4, 0.5) is 10.1 Å². The molecule has 0 saturated carbocycles. The highest BCUT2D eigenvalue weighted by Gasteiger charge is 2.26. The Morgan fingerprint density at radius 1 is 1.25 bits per heavy atom. The van der Waals surface area contributed by atoms with Gasteiger partial charge in [0.05, 0.1) is 17.3 Å². The van der Waals surface area contributed by atoms with Crippen LogP contribution in [-0.2, 0) is 0 Å². The van der Waals surface area contributed by atoms with E-state index in [0.717, 1.165) is 11.3 Å². The summed E-state index contributed by atoms with van der Waals surface area (Å²) in [6.45, 7) is 0.340. The quantitative estimate of drug-likeness (QED) is 0.902. The van der Waals surface area contributed by atoms with Crippen molar-refractivity contribution in [3.63, 3.8) is 0 Å². The Morgan fingerprint density at radius 2 is 2.05 bits per heavy atom. The summed E-state index contributed by atoms with van der Waals surface area (Å²) in [5, 5.41) is 12.1. The monoisotopic (exact) mass is 273 g/mol.